The molecule has 0 saturated carbocycles. The molecule has 0 unspecified atom stereocenters. The summed E-state index contributed by atoms with van der Waals surface area (Å²) in [6.45, 7) is 0. The number of carbonyl (C=O) groups excluding carboxylic acids is 1. The molecule has 3 nitrogen and oxygen atoms in total. The number of rotatable bonds is 4. The number of hydrogen-bond acceptors (Lipinski definition) is 4. The van der Waals surface area contributed by atoms with E-state index < -0.39 is 17.5 Å². The molecule has 0 spiro atoms. The van der Waals surface area contributed by atoms with E-state index in [9.17, 15) is 13.6 Å². The minimum atomic E-state index is -0.890. The van der Waals surface area contributed by atoms with E-state index in [2.05, 4.69) is 10.3 Å². The van der Waals surface area contributed by atoms with Gasteiger partial charge in [-0.2, -0.15) is 11.8 Å². The fourth-order valence-electron chi connectivity index (χ4n) is 1.42. The number of hydrogen-bond donors (Lipinski definition) is 1. The van der Waals surface area contributed by atoms with E-state index in [4.69, 9.17) is 0 Å². The van der Waals surface area contributed by atoms with Gasteiger partial charge >= 0.3 is 0 Å². The summed E-state index contributed by atoms with van der Waals surface area (Å²) in [7, 11) is 0. The van der Waals surface area contributed by atoms with Gasteiger partial charge in [0.1, 0.15) is 11.6 Å². The molecule has 0 aliphatic rings. The van der Waals surface area contributed by atoms with E-state index >= 15 is 0 Å². The van der Waals surface area contributed by atoms with Crippen molar-refractivity contribution in [1.29, 1.82) is 0 Å². The monoisotopic (exact) mass is 300 g/mol. The Hall–Kier alpha value is -1.47. The summed E-state index contributed by atoms with van der Waals surface area (Å²) in [6, 6.07) is 2.82. The van der Waals surface area contributed by atoms with Gasteiger partial charge in [-0.1, -0.05) is 0 Å². The predicted octanol–water partition coefficient (Wildman–Crippen LogP) is 3.54. The highest BCUT2D eigenvalue weighted by molar-refractivity contribution is 7.97. The molecular weight excluding hydrogens is 290 g/mol. The number of nitrogens with one attached hydrogen (secondary N) is 1. The second-order valence-corrected chi connectivity index (χ2v) is 5.38. The fraction of sp³-hybridized carbons (Fsp3) is 0.167. The number of anilines is 1. The van der Waals surface area contributed by atoms with Crippen LogP contribution in [-0.2, 0) is 5.75 Å². The van der Waals surface area contributed by atoms with Gasteiger partial charge in [0.05, 0.1) is 11.3 Å². The normalized spacial score (nSPS) is 10.5. The van der Waals surface area contributed by atoms with Crippen molar-refractivity contribution in [1.82, 2.24) is 4.98 Å². The lowest BCUT2D eigenvalue weighted by atomic mass is 10.2. The van der Waals surface area contributed by atoms with Crippen LogP contribution in [0.2, 0.25) is 0 Å². The first-order chi connectivity index (χ1) is 9.10. The van der Waals surface area contributed by atoms with Gasteiger partial charge in [-0.05, 0) is 18.4 Å². The van der Waals surface area contributed by atoms with E-state index in [1.165, 1.54) is 11.3 Å². The molecule has 0 atom stereocenters. The van der Waals surface area contributed by atoms with Crippen LogP contribution < -0.4 is 5.32 Å². The highest BCUT2D eigenvalue weighted by Crippen LogP contribution is 2.20. The van der Waals surface area contributed by atoms with Crippen LogP contribution in [-0.4, -0.2) is 17.1 Å². The van der Waals surface area contributed by atoms with Crippen molar-refractivity contribution >= 4 is 34.1 Å². The molecular formula is C12H10F2N2OS2. The Labute approximate surface area is 117 Å². The van der Waals surface area contributed by atoms with Crippen LogP contribution in [0.4, 0.5) is 13.9 Å². The molecule has 100 valence electrons. The van der Waals surface area contributed by atoms with Crippen LogP contribution >= 0.6 is 23.1 Å². The highest BCUT2D eigenvalue weighted by Gasteiger charge is 2.14. The third kappa shape index (κ3) is 3.51. The largest absolute Gasteiger partial charge is 0.298 e. The maximum Gasteiger partial charge on any atom is 0.260 e. The maximum atomic E-state index is 13.4. The first-order valence-corrected chi connectivity index (χ1v) is 7.57. The zero-order valence-corrected chi connectivity index (χ0v) is 11.6. The average Bonchev–Trinajstić information content (AvgIpc) is 2.76. The van der Waals surface area contributed by atoms with Crippen molar-refractivity contribution in [3.63, 3.8) is 0 Å². The lowest BCUT2D eigenvalue weighted by Crippen LogP contribution is -2.13. The summed E-state index contributed by atoms with van der Waals surface area (Å²) >= 11 is 2.89. The Morgan fingerprint density at radius 3 is 2.95 bits per heavy atom. The van der Waals surface area contributed by atoms with Crippen molar-refractivity contribution in [3.05, 3.63) is 46.5 Å². The van der Waals surface area contributed by atoms with Gasteiger partial charge in [0.25, 0.3) is 5.91 Å². The Morgan fingerprint density at radius 1 is 1.47 bits per heavy atom. The zero-order chi connectivity index (χ0) is 13.8. The molecule has 0 aliphatic heterocycles. The molecule has 2 rings (SSSR count). The number of thioether (sulfide) groups is 1. The van der Waals surface area contributed by atoms with Crippen LogP contribution in [0, 0.1) is 11.6 Å². The van der Waals surface area contributed by atoms with E-state index in [-0.39, 0.29) is 5.56 Å². The van der Waals surface area contributed by atoms with Gasteiger partial charge in [0, 0.05) is 17.2 Å². The average molecular weight is 300 g/mol. The fourth-order valence-corrected chi connectivity index (χ4v) is 2.67. The summed E-state index contributed by atoms with van der Waals surface area (Å²) in [6.07, 6.45) is 1.95. The SMILES string of the molecule is CSCc1csc(NC(=O)c2ccc(F)cc2F)n1. The Kier molecular flexibility index (Phi) is 4.49. The van der Waals surface area contributed by atoms with Crippen molar-refractivity contribution in [2.24, 2.45) is 0 Å². The molecule has 1 aromatic heterocycles. The smallest absolute Gasteiger partial charge is 0.260 e. The molecule has 0 aliphatic carbocycles. The Morgan fingerprint density at radius 2 is 2.26 bits per heavy atom. The summed E-state index contributed by atoms with van der Waals surface area (Å²) in [5.41, 5.74) is 0.649. The van der Waals surface area contributed by atoms with Gasteiger partial charge in [-0.25, -0.2) is 13.8 Å². The summed E-state index contributed by atoms with van der Waals surface area (Å²) in [5, 5.41) is 4.72. The number of benzene rings is 1. The molecule has 0 bridgehead atoms. The second kappa shape index (κ2) is 6.12. The third-order valence-electron chi connectivity index (χ3n) is 2.24. The Bertz CT molecular complexity index is 601. The van der Waals surface area contributed by atoms with Crippen molar-refractivity contribution in [2.75, 3.05) is 11.6 Å². The first-order valence-electron chi connectivity index (χ1n) is 5.30. The van der Waals surface area contributed by atoms with Gasteiger partial charge in [0.2, 0.25) is 0 Å². The van der Waals surface area contributed by atoms with Crippen LogP contribution in [0.1, 0.15) is 16.1 Å². The van der Waals surface area contributed by atoms with E-state index in [0.717, 1.165) is 23.6 Å². The molecule has 19 heavy (non-hydrogen) atoms. The standard InChI is InChI=1S/C12H10F2N2OS2/c1-18-5-8-6-19-12(15-8)16-11(17)9-3-2-7(13)4-10(9)14/h2-4,6H,5H2,1H3,(H,15,16,17). The molecule has 0 fully saturated rings. The van der Waals surface area contributed by atoms with E-state index in [0.29, 0.717) is 11.2 Å². The molecule has 1 aromatic carbocycles. The molecule has 0 radical (unpaired) electrons. The predicted molar refractivity (Wildman–Crippen MR) is 73.6 cm³/mol. The lowest BCUT2D eigenvalue weighted by Gasteiger charge is -2.03. The minimum absolute atomic E-state index is 0.206. The maximum absolute atomic E-state index is 13.4. The van der Waals surface area contributed by atoms with Crippen molar-refractivity contribution in [2.45, 2.75) is 5.75 Å². The zero-order valence-electron chi connectivity index (χ0n) is 9.94. The van der Waals surface area contributed by atoms with E-state index in [1.807, 2.05) is 11.6 Å². The molecule has 2 aromatic rings. The van der Waals surface area contributed by atoms with Crippen molar-refractivity contribution < 1.29 is 13.6 Å². The van der Waals surface area contributed by atoms with Crippen LogP contribution in [0.15, 0.2) is 23.6 Å². The van der Waals surface area contributed by atoms with Gasteiger partial charge < -0.3 is 0 Å². The first kappa shape index (κ1) is 14.0. The molecule has 1 heterocycles. The highest BCUT2D eigenvalue weighted by atomic mass is 32.2. The second-order valence-electron chi connectivity index (χ2n) is 3.66. The number of amides is 1. The summed E-state index contributed by atoms with van der Waals surface area (Å²) in [5.74, 6) is -1.50. The minimum Gasteiger partial charge on any atom is -0.298 e. The molecule has 1 amide bonds. The number of aromatic nitrogens is 1. The molecule has 7 heteroatoms. The number of carbonyl (C=O) groups is 1. The number of halogens is 2. The van der Waals surface area contributed by atoms with Crippen LogP contribution in [0.5, 0.6) is 0 Å². The third-order valence-corrected chi connectivity index (χ3v) is 3.63. The summed E-state index contributed by atoms with van der Waals surface area (Å²) < 4.78 is 26.2. The Balaban J connectivity index is 2.11. The van der Waals surface area contributed by atoms with Gasteiger partial charge in [-0.3, -0.25) is 10.1 Å². The van der Waals surface area contributed by atoms with E-state index in [1.54, 1.807) is 11.8 Å². The van der Waals surface area contributed by atoms with Crippen LogP contribution in [0.3, 0.4) is 0 Å². The number of thiazole rings is 1. The van der Waals surface area contributed by atoms with Gasteiger partial charge in [-0.15, -0.1) is 11.3 Å². The summed E-state index contributed by atoms with van der Waals surface area (Å²) in [4.78, 5) is 16.0. The quantitative estimate of drug-likeness (QED) is 0.939. The van der Waals surface area contributed by atoms with Gasteiger partial charge in [0.15, 0.2) is 5.13 Å². The lowest BCUT2D eigenvalue weighted by molar-refractivity contribution is 0.102. The number of nitrogens with zero attached hydrogens (tertiary/aromatic N) is 1. The molecule has 1 N–H and O–H groups in total. The molecule has 0 saturated heterocycles. The van der Waals surface area contributed by atoms with Crippen LogP contribution in [0.25, 0.3) is 0 Å². The topological polar surface area (TPSA) is 42.0 Å². The van der Waals surface area contributed by atoms with Crippen molar-refractivity contribution in [3.8, 4) is 0 Å².